The van der Waals surface area contributed by atoms with Crippen molar-refractivity contribution in [2.75, 3.05) is 24.3 Å². The first-order valence-electron chi connectivity index (χ1n) is 12.4. The Labute approximate surface area is 206 Å². The summed E-state index contributed by atoms with van der Waals surface area (Å²) in [4.78, 5) is 0. The summed E-state index contributed by atoms with van der Waals surface area (Å²) in [6, 6.07) is 22.6. The second-order valence-corrected chi connectivity index (χ2v) is 6.49. The molecule has 0 fully saturated rings. The molecule has 5 nitrogen and oxygen atoms in total. The Balaban J connectivity index is 0.00000168. The number of para-hydroxylation sites is 1. The molecule has 0 aromatic heterocycles. The van der Waals surface area contributed by atoms with E-state index in [4.69, 9.17) is 15.2 Å². The van der Waals surface area contributed by atoms with Gasteiger partial charge in [0.25, 0.3) is 0 Å². The molecule has 0 radical (unpaired) electrons. The Hall–Kier alpha value is -3.18. The molecule has 0 aliphatic carbocycles. The number of hydrogen-bond acceptors (Lipinski definition) is 5. The van der Waals surface area contributed by atoms with E-state index in [2.05, 4.69) is 18.3 Å². The Morgan fingerprint density at radius 3 is 1.85 bits per heavy atom. The van der Waals surface area contributed by atoms with E-state index in [1.54, 1.807) is 12.1 Å². The van der Waals surface area contributed by atoms with E-state index in [1.165, 1.54) is 0 Å². The Morgan fingerprint density at radius 1 is 0.794 bits per heavy atom. The monoisotopic (exact) mass is 468 g/mol. The van der Waals surface area contributed by atoms with Crippen molar-refractivity contribution in [3.63, 3.8) is 0 Å². The van der Waals surface area contributed by atoms with Gasteiger partial charge in [0.1, 0.15) is 23.9 Å². The van der Waals surface area contributed by atoms with E-state index in [0.29, 0.717) is 12.3 Å². The first kappa shape index (κ1) is 30.8. The lowest BCUT2D eigenvalue weighted by molar-refractivity contribution is 0.215. The Kier molecular flexibility index (Phi) is 17.5. The number of aliphatic hydroxyl groups is 1. The molecule has 188 valence electrons. The van der Waals surface area contributed by atoms with Gasteiger partial charge in [0.15, 0.2) is 0 Å². The van der Waals surface area contributed by atoms with Crippen LogP contribution in [0.3, 0.4) is 0 Å². The zero-order valence-electron chi connectivity index (χ0n) is 22.0. The first-order chi connectivity index (χ1) is 16.7. The summed E-state index contributed by atoms with van der Waals surface area (Å²) >= 11 is 0. The number of aryl methyl sites for hydroxylation is 1. The van der Waals surface area contributed by atoms with Gasteiger partial charge in [0.2, 0.25) is 0 Å². The van der Waals surface area contributed by atoms with E-state index >= 15 is 0 Å². The fourth-order valence-corrected chi connectivity index (χ4v) is 2.79. The lowest BCUT2D eigenvalue weighted by Gasteiger charge is -2.19. The molecule has 0 amide bonds. The molecule has 1 unspecified atom stereocenters. The van der Waals surface area contributed by atoms with Crippen LogP contribution >= 0.6 is 0 Å². The lowest BCUT2D eigenvalue weighted by atomic mass is 10.1. The topological polar surface area (TPSA) is 76.7 Å². The third-order valence-electron chi connectivity index (χ3n) is 4.35. The quantitative estimate of drug-likeness (QED) is 0.283. The Bertz CT molecular complexity index is 865. The van der Waals surface area contributed by atoms with Gasteiger partial charge in [-0.15, -0.1) is 0 Å². The third-order valence-corrected chi connectivity index (χ3v) is 4.35. The van der Waals surface area contributed by atoms with Crippen molar-refractivity contribution in [3.8, 4) is 17.2 Å². The zero-order chi connectivity index (χ0) is 25.8. The predicted molar refractivity (Wildman–Crippen MR) is 147 cm³/mol. The molecule has 34 heavy (non-hydrogen) atoms. The summed E-state index contributed by atoms with van der Waals surface area (Å²) in [5.74, 6) is 2.31. The van der Waals surface area contributed by atoms with E-state index in [0.717, 1.165) is 34.9 Å². The van der Waals surface area contributed by atoms with Gasteiger partial charge in [0, 0.05) is 11.4 Å². The normalized spacial score (nSPS) is 10.1. The zero-order valence-corrected chi connectivity index (χ0v) is 22.0. The van der Waals surface area contributed by atoms with Gasteiger partial charge in [-0.1, -0.05) is 66.7 Å². The maximum absolute atomic E-state index is 9.69. The minimum absolute atomic E-state index is 0.0298. The van der Waals surface area contributed by atoms with Gasteiger partial charge < -0.3 is 25.6 Å². The van der Waals surface area contributed by atoms with Crippen LogP contribution in [0.4, 0.5) is 11.4 Å². The van der Waals surface area contributed by atoms with Gasteiger partial charge in [-0.2, -0.15) is 0 Å². The second-order valence-electron chi connectivity index (χ2n) is 6.49. The highest BCUT2D eigenvalue weighted by molar-refractivity contribution is 5.49. The molecule has 0 saturated heterocycles. The maximum atomic E-state index is 9.69. The highest BCUT2D eigenvalue weighted by Crippen LogP contribution is 2.24. The first-order valence-corrected chi connectivity index (χ1v) is 12.4. The van der Waals surface area contributed by atoms with Crippen molar-refractivity contribution in [2.45, 2.75) is 60.9 Å². The fraction of sp³-hybridized carbons (Fsp3) is 0.379. The summed E-state index contributed by atoms with van der Waals surface area (Å²) in [6.07, 6.45) is 0.906. The fourth-order valence-electron chi connectivity index (χ4n) is 2.79. The van der Waals surface area contributed by atoms with Crippen molar-refractivity contribution >= 4 is 11.4 Å². The number of nitrogens with one attached hydrogen (secondary N) is 1. The minimum Gasteiger partial charge on any atom is -0.491 e. The lowest BCUT2D eigenvalue weighted by Crippen LogP contribution is -2.30. The number of rotatable bonds is 9. The van der Waals surface area contributed by atoms with E-state index < -0.39 is 0 Å². The Morgan fingerprint density at radius 2 is 1.32 bits per heavy atom. The minimum atomic E-state index is -0.214. The summed E-state index contributed by atoms with van der Waals surface area (Å²) in [5, 5.41) is 13.0. The number of ether oxygens (including phenoxy) is 2. The molecule has 0 aliphatic heterocycles. The molecule has 0 aliphatic rings. The SMILES string of the molecule is CC.CC.CC.CCc1ccccc1OCC(CO)Nc1ccc(Oc2ccc(N)cc2)cc1. The molecular weight excluding hydrogens is 424 g/mol. The number of benzene rings is 3. The van der Waals surface area contributed by atoms with Crippen LogP contribution in [0.25, 0.3) is 0 Å². The summed E-state index contributed by atoms with van der Waals surface area (Å²) < 4.78 is 11.7. The highest BCUT2D eigenvalue weighted by Gasteiger charge is 2.10. The van der Waals surface area contributed by atoms with E-state index in [1.807, 2.05) is 96.1 Å². The summed E-state index contributed by atoms with van der Waals surface area (Å²) in [7, 11) is 0. The standard InChI is InChI=1S/C23H26N2O3.3C2H6/c1-2-17-5-3-4-6-23(17)27-16-20(15-26)25-19-9-13-22(14-10-19)28-21-11-7-18(24)8-12-21;3*1-2/h3-14,20,25-26H,2,15-16,24H2,1H3;3*1-2H3. The van der Waals surface area contributed by atoms with Gasteiger partial charge >= 0.3 is 0 Å². The second kappa shape index (κ2) is 19.3. The van der Waals surface area contributed by atoms with E-state index in [9.17, 15) is 5.11 Å². The van der Waals surface area contributed by atoms with Crippen LogP contribution in [0, 0.1) is 0 Å². The van der Waals surface area contributed by atoms with Crippen LogP contribution in [0.2, 0.25) is 0 Å². The number of anilines is 2. The molecule has 4 N–H and O–H groups in total. The molecule has 0 heterocycles. The van der Waals surface area contributed by atoms with Crippen molar-refractivity contribution in [1.82, 2.24) is 0 Å². The molecule has 3 rings (SSSR count). The number of aliphatic hydroxyl groups excluding tert-OH is 1. The van der Waals surface area contributed by atoms with Gasteiger partial charge in [-0.3, -0.25) is 0 Å². The largest absolute Gasteiger partial charge is 0.491 e. The van der Waals surface area contributed by atoms with E-state index in [-0.39, 0.29) is 12.6 Å². The van der Waals surface area contributed by atoms with Crippen molar-refractivity contribution in [3.05, 3.63) is 78.4 Å². The van der Waals surface area contributed by atoms with Gasteiger partial charge in [-0.05, 0) is 66.6 Å². The van der Waals surface area contributed by atoms with Crippen molar-refractivity contribution < 1.29 is 14.6 Å². The molecule has 3 aromatic rings. The van der Waals surface area contributed by atoms with Gasteiger partial charge in [0.05, 0.1) is 12.6 Å². The summed E-state index contributed by atoms with van der Waals surface area (Å²) in [6.45, 7) is 14.4. The van der Waals surface area contributed by atoms with Crippen LogP contribution in [0.5, 0.6) is 17.2 Å². The highest BCUT2D eigenvalue weighted by atomic mass is 16.5. The molecule has 3 aromatic carbocycles. The average molecular weight is 469 g/mol. The molecule has 1 atom stereocenters. The van der Waals surface area contributed by atoms with Crippen molar-refractivity contribution in [2.24, 2.45) is 0 Å². The maximum Gasteiger partial charge on any atom is 0.127 e. The molecule has 0 bridgehead atoms. The summed E-state index contributed by atoms with van der Waals surface area (Å²) in [5.41, 5.74) is 8.42. The number of nitrogen functional groups attached to an aromatic ring is 1. The number of nitrogens with two attached hydrogens (primary N) is 1. The van der Waals surface area contributed by atoms with Crippen molar-refractivity contribution in [1.29, 1.82) is 0 Å². The van der Waals surface area contributed by atoms with Crippen LogP contribution in [-0.4, -0.2) is 24.4 Å². The molecule has 0 saturated carbocycles. The predicted octanol–water partition coefficient (Wildman–Crippen LogP) is 7.55. The smallest absolute Gasteiger partial charge is 0.127 e. The van der Waals surface area contributed by atoms with Crippen LogP contribution in [0.1, 0.15) is 54.0 Å². The van der Waals surface area contributed by atoms with Crippen LogP contribution < -0.4 is 20.5 Å². The van der Waals surface area contributed by atoms with Crippen LogP contribution in [-0.2, 0) is 6.42 Å². The van der Waals surface area contributed by atoms with Gasteiger partial charge in [-0.25, -0.2) is 0 Å². The van der Waals surface area contributed by atoms with Crippen LogP contribution in [0.15, 0.2) is 72.8 Å². The number of hydrogen-bond donors (Lipinski definition) is 3. The average Bonchev–Trinajstić information content (AvgIpc) is 2.92. The molecule has 0 spiro atoms. The third kappa shape index (κ3) is 11.1. The molecule has 5 heteroatoms. The molecular formula is C29H44N2O3.